The van der Waals surface area contributed by atoms with E-state index in [2.05, 4.69) is 10.1 Å². The van der Waals surface area contributed by atoms with Gasteiger partial charge in [-0.1, -0.05) is 0 Å². The highest BCUT2D eigenvalue weighted by Gasteiger charge is 2.02. The molecule has 10 heavy (non-hydrogen) atoms. The van der Waals surface area contributed by atoms with Crippen molar-refractivity contribution in [2.45, 2.75) is 13.0 Å². The molecule has 3 nitrogen and oxygen atoms in total. The quantitative estimate of drug-likeness (QED) is 0.633. The molecule has 0 unspecified atom stereocenters. The molecular formula is C5H9F2NO2. The highest BCUT2D eigenvalue weighted by atomic mass is 19.3. The summed E-state index contributed by atoms with van der Waals surface area (Å²) < 4.78 is 26.3. The van der Waals surface area contributed by atoms with E-state index in [0.717, 1.165) is 0 Å². The monoisotopic (exact) mass is 153 g/mol. The van der Waals surface area contributed by atoms with Gasteiger partial charge in [0.2, 0.25) is 5.91 Å². The molecule has 0 radical (unpaired) electrons. The highest BCUT2D eigenvalue weighted by Crippen LogP contribution is 1.94. The van der Waals surface area contributed by atoms with Crippen LogP contribution >= 0.6 is 0 Å². The van der Waals surface area contributed by atoms with Crippen molar-refractivity contribution in [2.24, 2.45) is 0 Å². The molecule has 0 aliphatic carbocycles. The predicted molar refractivity (Wildman–Crippen MR) is 30.6 cm³/mol. The van der Waals surface area contributed by atoms with Crippen molar-refractivity contribution in [1.29, 1.82) is 0 Å². The zero-order chi connectivity index (χ0) is 7.98. The summed E-state index contributed by atoms with van der Waals surface area (Å²) in [4.78, 5) is 10.4. The first-order chi connectivity index (χ1) is 4.66. The summed E-state index contributed by atoms with van der Waals surface area (Å²) in [6.07, 6.45) is -0.0269. The van der Waals surface area contributed by atoms with Crippen molar-refractivity contribution in [3.63, 3.8) is 0 Å². The first-order valence-corrected chi connectivity index (χ1v) is 2.77. The molecule has 1 amide bonds. The van der Waals surface area contributed by atoms with Crippen molar-refractivity contribution >= 4 is 5.91 Å². The Bertz CT molecular complexity index is 108. The second-order valence-corrected chi connectivity index (χ2v) is 1.55. The maximum Gasteiger partial charge on any atom is 0.345 e. The van der Waals surface area contributed by atoms with E-state index in [0.29, 0.717) is 0 Å². The van der Waals surface area contributed by atoms with E-state index < -0.39 is 6.61 Å². The Morgan fingerprint density at radius 1 is 1.70 bits per heavy atom. The van der Waals surface area contributed by atoms with Crippen molar-refractivity contribution in [3.8, 4) is 0 Å². The first-order valence-electron chi connectivity index (χ1n) is 2.77. The van der Waals surface area contributed by atoms with Gasteiger partial charge in [-0.15, -0.1) is 0 Å². The maximum atomic E-state index is 11.2. The summed E-state index contributed by atoms with van der Waals surface area (Å²) in [5.41, 5.74) is 0. The van der Waals surface area contributed by atoms with Gasteiger partial charge in [-0.25, -0.2) is 0 Å². The molecule has 0 atom stereocenters. The highest BCUT2D eigenvalue weighted by molar-refractivity contribution is 5.75. The van der Waals surface area contributed by atoms with Crippen LogP contribution in [0.5, 0.6) is 0 Å². The van der Waals surface area contributed by atoms with Gasteiger partial charge in [0.15, 0.2) is 0 Å². The van der Waals surface area contributed by atoms with E-state index in [1.165, 1.54) is 7.05 Å². The van der Waals surface area contributed by atoms with Crippen LogP contribution in [0.15, 0.2) is 0 Å². The van der Waals surface area contributed by atoms with Crippen LogP contribution in [0.3, 0.4) is 0 Å². The normalized spacial score (nSPS) is 10.0. The molecule has 0 rings (SSSR count). The number of alkyl halides is 2. The summed E-state index contributed by atoms with van der Waals surface area (Å²) in [6, 6.07) is 0. The summed E-state index contributed by atoms with van der Waals surface area (Å²) >= 11 is 0. The van der Waals surface area contributed by atoms with Gasteiger partial charge >= 0.3 is 6.61 Å². The molecular weight excluding hydrogens is 144 g/mol. The van der Waals surface area contributed by atoms with Crippen molar-refractivity contribution < 1.29 is 18.3 Å². The fourth-order valence-corrected chi connectivity index (χ4v) is 0.366. The maximum absolute atomic E-state index is 11.2. The molecule has 1 N–H and O–H groups in total. The molecule has 0 aliphatic rings. The minimum atomic E-state index is -2.79. The third-order valence-corrected chi connectivity index (χ3v) is 0.852. The second-order valence-electron chi connectivity index (χ2n) is 1.55. The van der Waals surface area contributed by atoms with E-state index >= 15 is 0 Å². The van der Waals surface area contributed by atoms with Gasteiger partial charge in [0.1, 0.15) is 0 Å². The molecule has 0 aromatic rings. The van der Waals surface area contributed by atoms with Gasteiger partial charge < -0.3 is 10.1 Å². The number of nitrogens with one attached hydrogen (secondary N) is 1. The van der Waals surface area contributed by atoms with Crippen molar-refractivity contribution in [1.82, 2.24) is 5.32 Å². The summed E-state index contributed by atoms with van der Waals surface area (Å²) in [5.74, 6) is -0.305. The van der Waals surface area contributed by atoms with Gasteiger partial charge in [-0.05, 0) is 0 Å². The lowest BCUT2D eigenvalue weighted by Crippen LogP contribution is -2.19. The number of hydrogen-bond donors (Lipinski definition) is 1. The fourth-order valence-electron chi connectivity index (χ4n) is 0.366. The van der Waals surface area contributed by atoms with Crippen molar-refractivity contribution in [3.05, 3.63) is 0 Å². The van der Waals surface area contributed by atoms with E-state index in [4.69, 9.17) is 0 Å². The Hall–Kier alpha value is -0.710. The van der Waals surface area contributed by atoms with E-state index in [9.17, 15) is 13.6 Å². The summed E-state index contributed by atoms with van der Waals surface area (Å²) in [5, 5.41) is 2.27. The molecule has 0 aliphatic heterocycles. The molecule has 0 aromatic carbocycles. The molecule has 0 bridgehead atoms. The molecule has 5 heteroatoms. The number of halogens is 2. The Balaban J connectivity index is 3.12. The zero-order valence-corrected chi connectivity index (χ0v) is 5.56. The Morgan fingerprint density at radius 2 is 2.30 bits per heavy atom. The van der Waals surface area contributed by atoms with Crippen LogP contribution in [0.2, 0.25) is 0 Å². The predicted octanol–water partition coefficient (Wildman–Crippen LogP) is 0.362. The molecule has 0 aromatic heterocycles. The van der Waals surface area contributed by atoms with Gasteiger partial charge in [-0.3, -0.25) is 4.79 Å². The van der Waals surface area contributed by atoms with Crippen LogP contribution in [0.25, 0.3) is 0 Å². The molecule has 60 valence electrons. The lowest BCUT2D eigenvalue weighted by molar-refractivity contribution is -0.138. The average Bonchev–Trinajstić information content (AvgIpc) is 1.87. The first kappa shape index (κ1) is 9.29. The standard InChI is InChI=1S/C5H9F2NO2/c1-8-4(9)2-3-10-5(6)7/h5H,2-3H2,1H3,(H,8,9). The largest absolute Gasteiger partial charge is 0.359 e. The number of carbonyl (C=O) groups is 1. The summed E-state index contributed by atoms with van der Waals surface area (Å²) in [6.45, 7) is -3.03. The third kappa shape index (κ3) is 5.43. The van der Waals surface area contributed by atoms with Gasteiger partial charge in [0.05, 0.1) is 13.0 Å². The Labute approximate surface area is 57.4 Å². The van der Waals surface area contributed by atoms with Gasteiger partial charge in [-0.2, -0.15) is 8.78 Å². The molecule has 0 heterocycles. The Morgan fingerprint density at radius 3 is 2.70 bits per heavy atom. The minimum absolute atomic E-state index is 0.0269. The minimum Gasteiger partial charge on any atom is -0.359 e. The molecule has 0 fully saturated rings. The topological polar surface area (TPSA) is 38.3 Å². The molecule has 0 spiro atoms. The third-order valence-electron chi connectivity index (χ3n) is 0.852. The van der Waals surface area contributed by atoms with E-state index in [1.807, 2.05) is 0 Å². The van der Waals surface area contributed by atoms with Crippen molar-refractivity contribution in [2.75, 3.05) is 13.7 Å². The lowest BCUT2D eigenvalue weighted by atomic mass is 10.4. The van der Waals surface area contributed by atoms with Crippen LogP contribution in [0.1, 0.15) is 6.42 Å². The average molecular weight is 153 g/mol. The molecule has 0 saturated heterocycles. The Kier molecular flexibility index (Phi) is 4.74. The smallest absolute Gasteiger partial charge is 0.345 e. The van der Waals surface area contributed by atoms with Crippen LogP contribution in [0.4, 0.5) is 8.78 Å². The van der Waals surface area contributed by atoms with Crippen LogP contribution in [-0.4, -0.2) is 26.2 Å². The number of ether oxygens (including phenoxy) is 1. The van der Waals surface area contributed by atoms with Crippen LogP contribution in [-0.2, 0) is 9.53 Å². The van der Waals surface area contributed by atoms with Gasteiger partial charge in [0.25, 0.3) is 0 Å². The summed E-state index contributed by atoms with van der Waals surface area (Å²) in [7, 11) is 1.44. The number of carbonyl (C=O) groups excluding carboxylic acids is 1. The molecule has 0 saturated carbocycles. The SMILES string of the molecule is CNC(=O)CCOC(F)F. The van der Waals surface area contributed by atoms with E-state index in [-0.39, 0.29) is 18.9 Å². The van der Waals surface area contributed by atoms with Crippen LogP contribution < -0.4 is 5.32 Å². The van der Waals surface area contributed by atoms with E-state index in [1.54, 1.807) is 0 Å². The number of hydrogen-bond acceptors (Lipinski definition) is 2. The zero-order valence-electron chi connectivity index (χ0n) is 5.56. The second kappa shape index (κ2) is 5.10. The lowest BCUT2D eigenvalue weighted by Gasteiger charge is -2.00. The number of rotatable bonds is 4. The fraction of sp³-hybridized carbons (Fsp3) is 0.800. The number of amides is 1. The van der Waals surface area contributed by atoms with Gasteiger partial charge in [0, 0.05) is 7.05 Å². The van der Waals surface area contributed by atoms with Crippen LogP contribution in [0, 0.1) is 0 Å².